The Labute approximate surface area is 120 Å². The van der Waals surface area contributed by atoms with Crippen molar-refractivity contribution in [1.82, 2.24) is 4.90 Å². The summed E-state index contributed by atoms with van der Waals surface area (Å²) in [7, 11) is 0. The fourth-order valence-electron chi connectivity index (χ4n) is 2.82. The minimum Gasteiger partial charge on any atom is -0.338 e. The molecule has 1 aliphatic carbocycles. The van der Waals surface area contributed by atoms with Gasteiger partial charge in [0.05, 0.1) is 4.88 Å². The van der Waals surface area contributed by atoms with Crippen molar-refractivity contribution in [3.8, 4) is 0 Å². The van der Waals surface area contributed by atoms with Gasteiger partial charge in [0.1, 0.15) is 0 Å². The number of carbonyl (C=O) groups excluding carboxylic acids is 1. The van der Waals surface area contributed by atoms with E-state index < -0.39 is 0 Å². The molecular weight excluding hydrogens is 254 g/mol. The molecule has 2 rings (SSSR count). The molecule has 0 radical (unpaired) electrons. The first-order valence-electron chi connectivity index (χ1n) is 7.56. The van der Waals surface area contributed by atoms with Gasteiger partial charge in [0.25, 0.3) is 5.91 Å². The Morgan fingerprint density at radius 1 is 1.37 bits per heavy atom. The van der Waals surface area contributed by atoms with Crippen molar-refractivity contribution >= 4 is 17.2 Å². The summed E-state index contributed by atoms with van der Waals surface area (Å²) >= 11 is 1.73. The number of rotatable bonds is 5. The monoisotopic (exact) mass is 279 g/mol. The minimum atomic E-state index is 0.246. The smallest absolute Gasteiger partial charge is 0.263 e. The zero-order valence-electron chi connectivity index (χ0n) is 12.4. The van der Waals surface area contributed by atoms with Crippen LogP contribution in [0.15, 0.2) is 6.07 Å². The summed E-state index contributed by atoms with van der Waals surface area (Å²) in [6, 6.07) is 2.16. The van der Waals surface area contributed by atoms with Crippen molar-refractivity contribution in [1.29, 1.82) is 0 Å². The zero-order valence-corrected chi connectivity index (χ0v) is 13.2. The molecule has 2 nitrogen and oxygen atoms in total. The molecule has 19 heavy (non-hydrogen) atoms. The Bertz CT molecular complexity index is 432. The van der Waals surface area contributed by atoms with E-state index in [2.05, 4.69) is 26.8 Å². The van der Waals surface area contributed by atoms with Crippen molar-refractivity contribution in [2.24, 2.45) is 5.92 Å². The van der Waals surface area contributed by atoms with Crippen LogP contribution in [0.5, 0.6) is 0 Å². The van der Waals surface area contributed by atoms with Crippen molar-refractivity contribution in [2.45, 2.75) is 52.9 Å². The molecule has 0 saturated heterocycles. The van der Waals surface area contributed by atoms with E-state index in [0.29, 0.717) is 0 Å². The number of thiophene rings is 1. The van der Waals surface area contributed by atoms with E-state index in [1.165, 1.54) is 16.9 Å². The number of fused-ring (bicyclic) bond motifs is 1. The van der Waals surface area contributed by atoms with Crippen LogP contribution >= 0.6 is 11.3 Å². The first-order chi connectivity index (χ1) is 9.15. The van der Waals surface area contributed by atoms with Crippen LogP contribution in [0.3, 0.4) is 0 Å². The van der Waals surface area contributed by atoms with Gasteiger partial charge < -0.3 is 4.90 Å². The Balaban J connectivity index is 2.14. The maximum absolute atomic E-state index is 12.6. The molecule has 0 saturated carbocycles. The second kappa shape index (κ2) is 6.56. The van der Waals surface area contributed by atoms with E-state index in [1.54, 1.807) is 11.3 Å². The summed E-state index contributed by atoms with van der Waals surface area (Å²) in [5, 5.41) is 0. The summed E-state index contributed by atoms with van der Waals surface area (Å²) in [6.07, 6.45) is 5.66. The third kappa shape index (κ3) is 3.38. The Morgan fingerprint density at radius 3 is 2.68 bits per heavy atom. The van der Waals surface area contributed by atoms with E-state index in [1.807, 2.05) is 4.90 Å². The van der Waals surface area contributed by atoms with Crippen molar-refractivity contribution < 1.29 is 4.79 Å². The van der Waals surface area contributed by atoms with E-state index in [4.69, 9.17) is 0 Å². The summed E-state index contributed by atoms with van der Waals surface area (Å²) in [6.45, 7) is 8.34. The lowest BCUT2D eigenvalue weighted by atomic mass is 9.90. The number of amides is 1. The summed E-state index contributed by atoms with van der Waals surface area (Å²) in [5.41, 5.74) is 1.43. The molecule has 1 atom stereocenters. The van der Waals surface area contributed by atoms with Gasteiger partial charge in [-0.15, -0.1) is 11.3 Å². The van der Waals surface area contributed by atoms with Crippen molar-refractivity contribution in [3.63, 3.8) is 0 Å². The lowest BCUT2D eigenvalue weighted by Gasteiger charge is -2.20. The molecular formula is C16H25NOS. The number of aryl methyl sites for hydroxylation is 1. The summed E-state index contributed by atoms with van der Waals surface area (Å²) < 4.78 is 0. The topological polar surface area (TPSA) is 20.3 Å². The standard InChI is InChI=1S/C16H25NOS/c1-4-8-17(9-5-2)16(18)15-11-13-10-12(3)6-7-14(13)19-15/h11-12H,4-10H2,1-3H3. The number of hydrogen-bond donors (Lipinski definition) is 0. The van der Waals surface area contributed by atoms with E-state index in [9.17, 15) is 4.79 Å². The molecule has 1 aromatic heterocycles. The van der Waals surface area contributed by atoms with Crippen molar-refractivity contribution in [3.05, 3.63) is 21.4 Å². The molecule has 0 N–H and O–H groups in total. The van der Waals surface area contributed by atoms with Crippen LogP contribution in [0.4, 0.5) is 0 Å². The largest absolute Gasteiger partial charge is 0.338 e. The van der Waals surface area contributed by atoms with E-state index in [-0.39, 0.29) is 5.91 Å². The fraction of sp³-hybridized carbons (Fsp3) is 0.688. The van der Waals surface area contributed by atoms with Gasteiger partial charge in [0, 0.05) is 18.0 Å². The van der Waals surface area contributed by atoms with Crippen LogP contribution in [-0.4, -0.2) is 23.9 Å². The average molecular weight is 279 g/mol. The Kier molecular flexibility index (Phi) is 5.03. The van der Waals surface area contributed by atoms with Crippen LogP contribution < -0.4 is 0 Å². The van der Waals surface area contributed by atoms with E-state index in [0.717, 1.165) is 49.6 Å². The second-order valence-corrected chi connectivity index (χ2v) is 6.84. The first kappa shape index (κ1) is 14.6. The van der Waals surface area contributed by atoms with Gasteiger partial charge in [0.2, 0.25) is 0 Å². The van der Waals surface area contributed by atoms with Gasteiger partial charge in [-0.25, -0.2) is 0 Å². The third-order valence-electron chi connectivity index (χ3n) is 3.81. The van der Waals surface area contributed by atoms with Gasteiger partial charge in [0.15, 0.2) is 0 Å². The highest BCUT2D eigenvalue weighted by molar-refractivity contribution is 7.14. The van der Waals surface area contributed by atoms with Gasteiger partial charge in [-0.3, -0.25) is 4.79 Å². The van der Waals surface area contributed by atoms with Crippen molar-refractivity contribution in [2.75, 3.05) is 13.1 Å². The molecule has 1 unspecified atom stereocenters. The molecule has 0 bridgehead atoms. The molecule has 0 spiro atoms. The molecule has 0 fully saturated rings. The molecule has 1 amide bonds. The molecule has 1 aromatic rings. The highest BCUT2D eigenvalue weighted by atomic mass is 32.1. The average Bonchev–Trinajstić information content (AvgIpc) is 2.80. The molecule has 3 heteroatoms. The third-order valence-corrected chi connectivity index (χ3v) is 5.04. The van der Waals surface area contributed by atoms with Crippen LogP contribution in [0.1, 0.15) is 60.1 Å². The maximum Gasteiger partial charge on any atom is 0.263 e. The van der Waals surface area contributed by atoms with Gasteiger partial charge >= 0.3 is 0 Å². The van der Waals surface area contributed by atoms with Crippen LogP contribution in [0, 0.1) is 5.92 Å². The van der Waals surface area contributed by atoms with Crippen LogP contribution in [-0.2, 0) is 12.8 Å². The van der Waals surface area contributed by atoms with Gasteiger partial charge in [-0.2, -0.15) is 0 Å². The van der Waals surface area contributed by atoms with Gasteiger partial charge in [-0.05, 0) is 49.7 Å². The lowest BCUT2D eigenvalue weighted by Crippen LogP contribution is -2.31. The predicted molar refractivity (Wildman–Crippen MR) is 82.0 cm³/mol. The fourth-order valence-corrected chi connectivity index (χ4v) is 4.00. The predicted octanol–water partition coefficient (Wildman–Crippen LogP) is 4.14. The lowest BCUT2D eigenvalue weighted by molar-refractivity contribution is 0.0760. The SMILES string of the molecule is CCCN(CCC)C(=O)c1cc2c(s1)CCC(C)C2. The van der Waals surface area contributed by atoms with E-state index >= 15 is 0 Å². The quantitative estimate of drug-likeness (QED) is 0.793. The molecule has 1 heterocycles. The summed E-state index contributed by atoms with van der Waals surface area (Å²) in [5.74, 6) is 1.02. The van der Waals surface area contributed by atoms with Gasteiger partial charge in [-0.1, -0.05) is 20.8 Å². The maximum atomic E-state index is 12.6. The molecule has 0 aromatic carbocycles. The van der Waals surface area contributed by atoms with Crippen LogP contribution in [0.2, 0.25) is 0 Å². The first-order valence-corrected chi connectivity index (χ1v) is 8.38. The van der Waals surface area contributed by atoms with Crippen LogP contribution in [0.25, 0.3) is 0 Å². The number of hydrogen-bond acceptors (Lipinski definition) is 2. The summed E-state index contributed by atoms with van der Waals surface area (Å²) in [4.78, 5) is 17.0. The Morgan fingerprint density at radius 2 is 2.05 bits per heavy atom. The minimum absolute atomic E-state index is 0.246. The highest BCUT2D eigenvalue weighted by Gasteiger charge is 2.22. The highest BCUT2D eigenvalue weighted by Crippen LogP contribution is 2.32. The normalized spacial score (nSPS) is 18.2. The molecule has 0 aliphatic heterocycles. The zero-order chi connectivity index (χ0) is 13.8. The number of carbonyl (C=O) groups is 1. The molecule has 106 valence electrons. The Hall–Kier alpha value is -0.830. The second-order valence-electron chi connectivity index (χ2n) is 5.70. The number of nitrogens with zero attached hydrogens (tertiary/aromatic N) is 1. The molecule has 1 aliphatic rings.